The van der Waals surface area contributed by atoms with Gasteiger partial charge in [-0.15, -0.1) is 22.6 Å². The van der Waals surface area contributed by atoms with Crippen molar-refractivity contribution in [2.75, 3.05) is 26.7 Å². The van der Waals surface area contributed by atoms with E-state index in [1.807, 2.05) is 12.1 Å². The van der Waals surface area contributed by atoms with Crippen molar-refractivity contribution >= 4 is 24.0 Å². The standard InChI is InChI=1S/C15H17ClN8O.ClH/c1-23-7-6-17-8-12(23)15-18-13(25-21-15)9-24-20-14(19-22-24)10-2-4-11(16)5-3-10;/h2-5,12,17H,6-9H2,1H3;1H. The van der Waals surface area contributed by atoms with Crippen LogP contribution in [0.15, 0.2) is 28.8 Å². The lowest BCUT2D eigenvalue weighted by atomic mass is 10.2. The molecule has 0 bridgehead atoms. The van der Waals surface area contributed by atoms with Crippen LogP contribution in [0, 0.1) is 0 Å². The van der Waals surface area contributed by atoms with Gasteiger partial charge in [-0.3, -0.25) is 4.90 Å². The van der Waals surface area contributed by atoms with E-state index in [-0.39, 0.29) is 25.0 Å². The van der Waals surface area contributed by atoms with Crippen molar-refractivity contribution in [2.24, 2.45) is 0 Å². The van der Waals surface area contributed by atoms with Crippen LogP contribution in [0.3, 0.4) is 0 Å². The predicted molar refractivity (Wildman–Crippen MR) is 97.2 cm³/mol. The normalized spacial score (nSPS) is 17.8. The molecule has 0 radical (unpaired) electrons. The predicted octanol–water partition coefficient (Wildman–Crippen LogP) is 1.42. The average Bonchev–Trinajstić information content (AvgIpc) is 3.26. The molecule has 138 valence electrons. The number of rotatable bonds is 4. The Hall–Kier alpha value is -2.07. The van der Waals surface area contributed by atoms with E-state index in [4.69, 9.17) is 16.1 Å². The van der Waals surface area contributed by atoms with Gasteiger partial charge in [0.05, 0.1) is 6.04 Å². The van der Waals surface area contributed by atoms with Crippen molar-refractivity contribution in [2.45, 2.75) is 12.6 Å². The van der Waals surface area contributed by atoms with Crippen LogP contribution in [-0.2, 0) is 6.54 Å². The smallest absolute Gasteiger partial charge is 0.250 e. The molecule has 1 fully saturated rings. The molecule has 2 aromatic heterocycles. The monoisotopic (exact) mass is 396 g/mol. The summed E-state index contributed by atoms with van der Waals surface area (Å²) in [6.07, 6.45) is 0. The highest BCUT2D eigenvalue weighted by Crippen LogP contribution is 2.19. The number of tetrazole rings is 1. The number of halogens is 2. The SMILES string of the molecule is CN1CCNCC1c1noc(Cn2nnc(-c3ccc(Cl)cc3)n2)n1.Cl. The van der Waals surface area contributed by atoms with Crippen LogP contribution in [0.1, 0.15) is 17.8 Å². The third kappa shape index (κ3) is 4.01. The number of nitrogens with one attached hydrogen (secondary N) is 1. The van der Waals surface area contributed by atoms with Crippen LogP contribution < -0.4 is 5.32 Å². The third-order valence-corrected chi connectivity index (χ3v) is 4.38. The Balaban J connectivity index is 0.00000196. The lowest BCUT2D eigenvalue weighted by molar-refractivity contribution is 0.190. The van der Waals surface area contributed by atoms with Gasteiger partial charge < -0.3 is 9.84 Å². The molecule has 0 amide bonds. The second-order valence-electron chi connectivity index (χ2n) is 5.90. The third-order valence-electron chi connectivity index (χ3n) is 4.12. The van der Waals surface area contributed by atoms with Crippen molar-refractivity contribution in [3.05, 3.63) is 41.0 Å². The fraction of sp³-hybridized carbons (Fsp3) is 0.400. The molecule has 9 nitrogen and oxygen atoms in total. The number of nitrogens with zero attached hydrogens (tertiary/aromatic N) is 7. The second-order valence-corrected chi connectivity index (χ2v) is 6.33. The van der Waals surface area contributed by atoms with Gasteiger partial charge in [0.2, 0.25) is 11.7 Å². The zero-order chi connectivity index (χ0) is 17.2. The maximum Gasteiger partial charge on any atom is 0.250 e. The summed E-state index contributed by atoms with van der Waals surface area (Å²) in [5.74, 6) is 1.64. The first-order valence-corrected chi connectivity index (χ1v) is 8.34. The largest absolute Gasteiger partial charge is 0.337 e. The van der Waals surface area contributed by atoms with Crippen LogP contribution in [0.2, 0.25) is 5.02 Å². The van der Waals surface area contributed by atoms with Crippen molar-refractivity contribution in [1.29, 1.82) is 0 Å². The number of likely N-dealkylation sites (N-methyl/N-ethyl adjacent to an activating group) is 1. The van der Waals surface area contributed by atoms with Gasteiger partial charge in [-0.2, -0.15) is 9.78 Å². The van der Waals surface area contributed by atoms with Crippen molar-refractivity contribution < 1.29 is 4.52 Å². The maximum absolute atomic E-state index is 5.89. The minimum atomic E-state index is 0. The highest BCUT2D eigenvalue weighted by molar-refractivity contribution is 6.30. The first kappa shape index (κ1) is 18.7. The fourth-order valence-corrected chi connectivity index (χ4v) is 2.83. The molecule has 4 rings (SSSR count). The Labute approximate surface area is 161 Å². The second kappa shape index (κ2) is 8.09. The number of piperazine rings is 1. The lowest BCUT2D eigenvalue weighted by Gasteiger charge is -2.30. The van der Waals surface area contributed by atoms with Crippen molar-refractivity contribution in [3.63, 3.8) is 0 Å². The fourth-order valence-electron chi connectivity index (χ4n) is 2.71. The van der Waals surface area contributed by atoms with E-state index in [1.54, 1.807) is 12.1 Å². The molecule has 1 atom stereocenters. The quantitative estimate of drug-likeness (QED) is 0.706. The van der Waals surface area contributed by atoms with E-state index in [1.165, 1.54) is 4.80 Å². The van der Waals surface area contributed by atoms with E-state index in [2.05, 4.69) is 42.8 Å². The molecule has 1 aliphatic heterocycles. The van der Waals surface area contributed by atoms with Crippen LogP contribution in [0.5, 0.6) is 0 Å². The average molecular weight is 397 g/mol. The van der Waals surface area contributed by atoms with Crippen molar-refractivity contribution in [3.8, 4) is 11.4 Å². The Kier molecular flexibility index (Phi) is 5.82. The van der Waals surface area contributed by atoms with Crippen LogP contribution in [0.4, 0.5) is 0 Å². The molecule has 1 saturated heterocycles. The van der Waals surface area contributed by atoms with Gasteiger partial charge in [-0.05, 0) is 36.5 Å². The lowest BCUT2D eigenvalue weighted by Crippen LogP contribution is -2.44. The van der Waals surface area contributed by atoms with Gasteiger partial charge in [0.25, 0.3) is 0 Å². The highest BCUT2D eigenvalue weighted by Gasteiger charge is 2.25. The number of aromatic nitrogens is 6. The summed E-state index contributed by atoms with van der Waals surface area (Å²) in [5.41, 5.74) is 0.844. The van der Waals surface area contributed by atoms with E-state index in [0.29, 0.717) is 22.6 Å². The Morgan fingerprint density at radius 2 is 2.12 bits per heavy atom. The molecule has 1 unspecified atom stereocenters. The molecule has 1 aromatic carbocycles. The topological polar surface area (TPSA) is 97.8 Å². The van der Waals surface area contributed by atoms with Crippen LogP contribution >= 0.6 is 24.0 Å². The maximum atomic E-state index is 5.89. The van der Waals surface area contributed by atoms with Gasteiger partial charge in [0, 0.05) is 30.2 Å². The summed E-state index contributed by atoms with van der Waals surface area (Å²) >= 11 is 5.89. The Morgan fingerprint density at radius 3 is 2.88 bits per heavy atom. The molecule has 11 heteroatoms. The summed E-state index contributed by atoms with van der Waals surface area (Å²) in [6.45, 7) is 2.99. The summed E-state index contributed by atoms with van der Waals surface area (Å²) in [5, 5.41) is 20.5. The summed E-state index contributed by atoms with van der Waals surface area (Å²) in [4.78, 5) is 8.11. The number of hydrogen-bond acceptors (Lipinski definition) is 8. The number of hydrogen-bond donors (Lipinski definition) is 1. The Morgan fingerprint density at radius 1 is 1.31 bits per heavy atom. The molecule has 0 saturated carbocycles. The van der Waals surface area contributed by atoms with Crippen molar-refractivity contribution in [1.82, 2.24) is 40.6 Å². The molecule has 1 aliphatic rings. The number of benzene rings is 1. The zero-order valence-corrected chi connectivity index (χ0v) is 15.6. The molecule has 3 aromatic rings. The molecule has 26 heavy (non-hydrogen) atoms. The van der Waals surface area contributed by atoms with Crippen LogP contribution in [-0.4, -0.2) is 61.9 Å². The first-order chi connectivity index (χ1) is 12.2. The minimum Gasteiger partial charge on any atom is -0.337 e. The van der Waals surface area contributed by atoms with Gasteiger partial charge in [-0.1, -0.05) is 16.8 Å². The van der Waals surface area contributed by atoms with E-state index < -0.39 is 0 Å². The van der Waals surface area contributed by atoms with E-state index >= 15 is 0 Å². The van der Waals surface area contributed by atoms with E-state index in [0.717, 1.165) is 25.2 Å². The molecule has 0 aliphatic carbocycles. The van der Waals surface area contributed by atoms with Gasteiger partial charge >= 0.3 is 0 Å². The molecular weight excluding hydrogens is 379 g/mol. The molecule has 0 spiro atoms. The Bertz CT molecular complexity index is 849. The van der Waals surface area contributed by atoms with Gasteiger partial charge in [0.15, 0.2) is 5.82 Å². The van der Waals surface area contributed by atoms with Crippen LogP contribution in [0.25, 0.3) is 11.4 Å². The summed E-state index contributed by atoms with van der Waals surface area (Å²) < 4.78 is 5.34. The summed E-state index contributed by atoms with van der Waals surface area (Å²) in [6, 6.07) is 7.38. The minimum absolute atomic E-state index is 0. The first-order valence-electron chi connectivity index (χ1n) is 7.96. The zero-order valence-electron chi connectivity index (χ0n) is 14.0. The van der Waals surface area contributed by atoms with Gasteiger partial charge in [0.1, 0.15) is 6.54 Å². The molecular formula is C15H18Cl2N8O. The van der Waals surface area contributed by atoms with Gasteiger partial charge in [-0.25, -0.2) is 0 Å². The highest BCUT2D eigenvalue weighted by atomic mass is 35.5. The molecule has 3 heterocycles. The summed E-state index contributed by atoms with van der Waals surface area (Å²) in [7, 11) is 2.05. The molecule has 1 N–H and O–H groups in total. The van der Waals surface area contributed by atoms with E-state index in [9.17, 15) is 0 Å².